The molecule has 3 nitrogen and oxygen atoms in total. The molecule has 90 valence electrons. The molecule has 0 aromatic heterocycles. The van der Waals surface area contributed by atoms with Crippen LogP contribution in [0.3, 0.4) is 0 Å². The van der Waals surface area contributed by atoms with Crippen LogP contribution in [0.4, 0.5) is 0 Å². The Kier molecular flexibility index (Phi) is 4.19. The molecule has 16 heavy (non-hydrogen) atoms. The Balaban J connectivity index is 2.91. The monoisotopic (exact) mass is 223 g/mol. The Bertz CT molecular complexity index is 348. The van der Waals surface area contributed by atoms with E-state index in [0.29, 0.717) is 6.54 Å². The maximum absolute atomic E-state index is 5.72. The van der Waals surface area contributed by atoms with Gasteiger partial charge in [-0.2, -0.15) is 0 Å². The number of ether oxygens (including phenoxy) is 2. The largest absolute Gasteiger partial charge is 0.493 e. The van der Waals surface area contributed by atoms with Crippen molar-refractivity contribution in [2.45, 2.75) is 20.3 Å². The molecule has 0 spiro atoms. The first-order valence-corrected chi connectivity index (χ1v) is 5.43. The van der Waals surface area contributed by atoms with Crippen LogP contribution in [0.25, 0.3) is 0 Å². The lowest BCUT2D eigenvalue weighted by Crippen LogP contribution is -2.25. The van der Waals surface area contributed by atoms with Crippen molar-refractivity contribution in [2.24, 2.45) is 11.1 Å². The van der Waals surface area contributed by atoms with Gasteiger partial charge in [-0.1, -0.05) is 19.9 Å². The third-order valence-corrected chi connectivity index (χ3v) is 2.68. The average Bonchev–Trinajstić information content (AvgIpc) is 2.28. The second-order valence-corrected chi connectivity index (χ2v) is 4.73. The summed E-state index contributed by atoms with van der Waals surface area (Å²) >= 11 is 0. The van der Waals surface area contributed by atoms with Gasteiger partial charge in [-0.05, 0) is 36.1 Å². The van der Waals surface area contributed by atoms with E-state index in [9.17, 15) is 0 Å². The predicted octanol–water partition coefficient (Wildman–Crippen LogP) is 2.23. The summed E-state index contributed by atoms with van der Waals surface area (Å²) in [6.45, 7) is 4.98. The third-order valence-electron chi connectivity index (χ3n) is 2.68. The molecule has 0 saturated heterocycles. The summed E-state index contributed by atoms with van der Waals surface area (Å²) in [4.78, 5) is 0. The molecule has 0 saturated carbocycles. The first kappa shape index (κ1) is 12.8. The minimum Gasteiger partial charge on any atom is -0.493 e. The molecule has 0 bridgehead atoms. The molecule has 0 aliphatic rings. The van der Waals surface area contributed by atoms with Crippen LogP contribution in [0.2, 0.25) is 0 Å². The Labute approximate surface area is 97.6 Å². The third kappa shape index (κ3) is 3.14. The molecule has 1 aromatic rings. The number of hydrogen-bond donors (Lipinski definition) is 1. The number of benzene rings is 1. The van der Waals surface area contributed by atoms with Crippen molar-refractivity contribution in [2.75, 3.05) is 20.8 Å². The Morgan fingerprint density at radius 3 is 2.25 bits per heavy atom. The van der Waals surface area contributed by atoms with Crippen LogP contribution in [0.15, 0.2) is 18.2 Å². The van der Waals surface area contributed by atoms with E-state index in [4.69, 9.17) is 15.2 Å². The van der Waals surface area contributed by atoms with Crippen LogP contribution in [0, 0.1) is 5.41 Å². The van der Waals surface area contributed by atoms with Crippen LogP contribution < -0.4 is 15.2 Å². The first-order chi connectivity index (χ1) is 7.52. The number of methoxy groups -OCH3 is 2. The van der Waals surface area contributed by atoms with Gasteiger partial charge in [-0.25, -0.2) is 0 Å². The van der Waals surface area contributed by atoms with Gasteiger partial charge in [-0.15, -0.1) is 0 Å². The number of nitrogens with two attached hydrogens (primary N) is 1. The summed E-state index contributed by atoms with van der Waals surface area (Å²) in [6, 6.07) is 6.00. The standard InChI is InChI=1S/C13H21NO2/c1-13(2,9-14)8-10-5-6-11(15-3)12(7-10)16-4/h5-7H,8-9,14H2,1-4H3. The van der Waals surface area contributed by atoms with E-state index in [1.807, 2.05) is 12.1 Å². The zero-order valence-electron chi connectivity index (χ0n) is 10.5. The van der Waals surface area contributed by atoms with E-state index in [2.05, 4.69) is 19.9 Å². The Morgan fingerprint density at radius 2 is 1.75 bits per heavy atom. The number of rotatable bonds is 5. The van der Waals surface area contributed by atoms with E-state index in [0.717, 1.165) is 17.9 Å². The zero-order chi connectivity index (χ0) is 12.2. The quantitative estimate of drug-likeness (QED) is 0.832. The molecule has 0 amide bonds. The van der Waals surface area contributed by atoms with Gasteiger partial charge < -0.3 is 15.2 Å². The van der Waals surface area contributed by atoms with Crippen molar-refractivity contribution in [1.82, 2.24) is 0 Å². The zero-order valence-corrected chi connectivity index (χ0v) is 10.5. The van der Waals surface area contributed by atoms with Gasteiger partial charge in [0.15, 0.2) is 11.5 Å². The van der Waals surface area contributed by atoms with Crippen LogP contribution in [0.1, 0.15) is 19.4 Å². The molecule has 0 aliphatic heterocycles. The van der Waals surface area contributed by atoms with Crippen molar-refractivity contribution in [3.05, 3.63) is 23.8 Å². The van der Waals surface area contributed by atoms with Crippen molar-refractivity contribution >= 4 is 0 Å². The lowest BCUT2D eigenvalue weighted by molar-refractivity contribution is 0.351. The molecular weight excluding hydrogens is 202 g/mol. The van der Waals surface area contributed by atoms with Crippen LogP contribution >= 0.6 is 0 Å². The summed E-state index contributed by atoms with van der Waals surface area (Å²) < 4.78 is 10.5. The lowest BCUT2D eigenvalue weighted by atomic mass is 9.86. The van der Waals surface area contributed by atoms with Gasteiger partial charge in [0.25, 0.3) is 0 Å². The van der Waals surface area contributed by atoms with E-state index in [1.165, 1.54) is 5.56 Å². The lowest BCUT2D eigenvalue weighted by Gasteiger charge is -2.22. The van der Waals surface area contributed by atoms with E-state index in [-0.39, 0.29) is 5.41 Å². The number of hydrogen-bond acceptors (Lipinski definition) is 3. The fourth-order valence-corrected chi connectivity index (χ4v) is 1.62. The molecular formula is C13H21NO2. The average molecular weight is 223 g/mol. The van der Waals surface area contributed by atoms with Crippen molar-refractivity contribution < 1.29 is 9.47 Å². The van der Waals surface area contributed by atoms with E-state index < -0.39 is 0 Å². The van der Waals surface area contributed by atoms with Crippen molar-refractivity contribution in [3.63, 3.8) is 0 Å². The minimum atomic E-state index is 0.111. The predicted molar refractivity (Wildman–Crippen MR) is 66.1 cm³/mol. The molecule has 1 rings (SSSR count). The smallest absolute Gasteiger partial charge is 0.160 e. The summed E-state index contributed by atoms with van der Waals surface area (Å²) in [5.41, 5.74) is 7.05. The molecule has 0 atom stereocenters. The molecule has 1 aromatic carbocycles. The normalized spacial score (nSPS) is 11.3. The molecule has 0 fully saturated rings. The molecule has 3 heteroatoms. The minimum absolute atomic E-state index is 0.111. The highest BCUT2D eigenvalue weighted by Crippen LogP contribution is 2.30. The fourth-order valence-electron chi connectivity index (χ4n) is 1.62. The van der Waals surface area contributed by atoms with Crippen LogP contribution in [-0.4, -0.2) is 20.8 Å². The maximum Gasteiger partial charge on any atom is 0.160 e. The molecule has 2 N–H and O–H groups in total. The van der Waals surface area contributed by atoms with Gasteiger partial charge >= 0.3 is 0 Å². The summed E-state index contributed by atoms with van der Waals surface area (Å²) in [5, 5.41) is 0. The van der Waals surface area contributed by atoms with Gasteiger partial charge in [0.2, 0.25) is 0 Å². The molecule has 0 unspecified atom stereocenters. The van der Waals surface area contributed by atoms with Crippen LogP contribution in [-0.2, 0) is 6.42 Å². The molecule has 0 radical (unpaired) electrons. The second kappa shape index (κ2) is 5.21. The Hall–Kier alpha value is -1.22. The first-order valence-electron chi connectivity index (χ1n) is 5.43. The molecule has 0 heterocycles. The highest BCUT2D eigenvalue weighted by atomic mass is 16.5. The van der Waals surface area contributed by atoms with Gasteiger partial charge in [-0.3, -0.25) is 0 Å². The van der Waals surface area contributed by atoms with Gasteiger partial charge in [0.05, 0.1) is 14.2 Å². The van der Waals surface area contributed by atoms with Gasteiger partial charge in [0.1, 0.15) is 0 Å². The summed E-state index contributed by atoms with van der Waals surface area (Å²) in [6.07, 6.45) is 0.934. The summed E-state index contributed by atoms with van der Waals surface area (Å²) in [7, 11) is 3.29. The highest BCUT2D eigenvalue weighted by Gasteiger charge is 2.17. The van der Waals surface area contributed by atoms with Gasteiger partial charge in [0, 0.05) is 0 Å². The van der Waals surface area contributed by atoms with Crippen LogP contribution in [0.5, 0.6) is 11.5 Å². The van der Waals surface area contributed by atoms with Crippen molar-refractivity contribution in [3.8, 4) is 11.5 Å². The van der Waals surface area contributed by atoms with E-state index >= 15 is 0 Å². The Morgan fingerprint density at radius 1 is 1.12 bits per heavy atom. The van der Waals surface area contributed by atoms with E-state index in [1.54, 1.807) is 14.2 Å². The topological polar surface area (TPSA) is 44.5 Å². The maximum atomic E-state index is 5.72. The SMILES string of the molecule is COc1ccc(CC(C)(C)CN)cc1OC. The second-order valence-electron chi connectivity index (χ2n) is 4.73. The highest BCUT2D eigenvalue weighted by molar-refractivity contribution is 5.43. The summed E-state index contributed by atoms with van der Waals surface area (Å²) in [5.74, 6) is 1.53. The fraction of sp³-hybridized carbons (Fsp3) is 0.538. The van der Waals surface area contributed by atoms with Crippen molar-refractivity contribution in [1.29, 1.82) is 0 Å². The molecule has 0 aliphatic carbocycles.